The van der Waals surface area contributed by atoms with Crippen molar-refractivity contribution in [3.05, 3.63) is 346 Å². The molecule has 4 nitrogen and oxygen atoms in total. The largest absolute Gasteiger partial charge is 0.456 e. The average Bonchev–Trinajstić information content (AvgIpc) is 1.48. The number of para-hydroxylation sites is 2. The van der Waals surface area contributed by atoms with Gasteiger partial charge in [0.05, 0.1) is 11.4 Å². The van der Waals surface area contributed by atoms with Crippen molar-refractivity contribution in [3.63, 3.8) is 0 Å². The summed E-state index contributed by atoms with van der Waals surface area (Å²) in [6, 6.07) is 110. The first-order chi connectivity index (χ1) is 60.0. The molecule has 2 aromatic heterocycles. The third-order valence-corrected chi connectivity index (χ3v) is 32.7. The summed E-state index contributed by atoms with van der Waals surface area (Å²) in [6.07, 6.45) is 11.1. The van der Waals surface area contributed by atoms with Crippen LogP contribution >= 0.6 is 0 Å². The van der Waals surface area contributed by atoms with Crippen LogP contribution in [0, 0.1) is 29.6 Å². The summed E-state index contributed by atoms with van der Waals surface area (Å²) in [7, 11) is 0. The minimum absolute atomic E-state index is 0.00303. The molecule has 0 N–H and O–H groups in total. The number of anilines is 6. The summed E-state index contributed by atoms with van der Waals surface area (Å²) in [5.74, 6) is 3.40. The lowest BCUT2D eigenvalue weighted by Gasteiger charge is -2.61. The Morgan fingerprint density at radius 3 is 1.13 bits per heavy atom. The highest BCUT2D eigenvalue weighted by atomic mass is 16.3. The minimum atomic E-state index is -0.230. The van der Waals surface area contributed by atoms with Gasteiger partial charge in [-0.05, 0) is 315 Å². The smallest absolute Gasteiger partial charge is 0.138 e. The second-order valence-corrected chi connectivity index (χ2v) is 44.3. The molecule has 4 bridgehead atoms. The summed E-state index contributed by atoms with van der Waals surface area (Å²) >= 11 is 0. The van der Waals surface area contributed by atoms with Gasteiger partial charge in [-0.2, -0.15) is 0 Å². The zero-order valence-electron chi connectivity index (χ0n) is 75.5. The molecule has 5 saturated carbocycles. The summed E-state index contributed by atoms with van der Waals surface area (Å²) in [5.41, 5.74) is 41.9. The lowest BCUT2D eigenvalue weighted by atomic mass is 9.43. The van der Waals surface area contributed by atoms with Crippen LogP contribution in [0.1, 0.15) is 228 Å². The molecular weight excluding hydrogens is 1510 g/mol. The Morgan fingerprint density at radius 1 is 0.304 bits per heavy atom. The fourth-order valence-electron chi connectivity index (χ4n) is 26.7. The number of rotatable bonds is 11. The third kappa shape index (κ3) is 11.4. The fourth-order valence-corrected chi connectivity index (χ4v) is 26.7. The van der Waals surface area contributed by atoms with Crippen LogP contribution in [-0.4, -0.2) is 0 Å². The number of nitrogens with zero attached hydrogens (tertiary/aromatic N) is 2. The monoisotopic (exact) mass is 1630 g/mol. The van der Waals surface area contributed by atoms with Crippen LogP contribution in [0.4, 0.5) is 34.1 Å². The molecular formula is C121H114N2O2. The molecule has 2 unspecified atom stereocenters. The van der Waals surface area contributed by atoms with Gasteiger partial charge in [-0.3, -0.25) is 0 Å². The van der Waals surface area contributed by atoms with E-state index in [9.17, 15) is 0 Å². The second-order valence-electron chi connectivity index (χ2n) is 44.3. The van der Waals surface area contributed by atoms with Gasteiger partial charge in [0.15, 0.2) is 0 Å². The number of hydrogen-bond donors (Lipinski definition) is 0. The standard InChI is InChI=1S/C121H114N2O2/c1-114(2,3)76-55-74(56-77(59-76)115(4,5)6)98-61-86(67-110-112(98)96-32-20-26-38-108(96)124-110)122(82-40-44-92-88-28-16-22-34-100(88)118(12,13)104(92)63-82)84-42-46-94-90-30-18-24-36-102(90)120(106(94)65-84)49-48-71(70-120)69-117(10,11)79-58-75(57-78(60-79)116(7,8)9)99-62-87(68-111-113(99)97-33-21-27-39-109(97)125-111)123(83-41-45-93-89-29-17-23-35-101(89)119(14,15)105(93)64-83)85-43-47-95-91-31-19-25-37-103(91)121(107(95)66-85)80-51-72-50-73(53-80)54-81(121)52-72/h16-47,55-68,71-73,80-81H,48-54,69-70H2,1-15H3. The van der Waals surface area contributed by atoms with Gasteiger partial charge in [-0.15, -0.1) is 0 Å². The molecule has 14 aromatic carbocycles. The summed E-state index contributed by atoms with van der Waals surface area (Å²) in [6.45, 7) is 36.2. The van der Waals surface area contributed by atoms with Gasteiger partial charge >= 0.3 is 0 Å². The summed E-state index contributed by atoms with van der Waals surface area (Å²) < 4.78 is 14.5. The summed E-state index contributed by atoms with van der Waals surface area (Å²) in [4.78, 5) is 5.22. The number of furan rings is 2. The lowest BCUT2D eigenvalue weighted by Crippen LogP contribution is -2.55. The summed E-state index contributed by atoms with van der Waals surface area (Å²) in [5, 5.41) is 4.59. The molecule has 0 saturated heterocycles. The number of hydrogen-bond acceptors (Lipinski definition) is 4. The first-order valence-corrected chi connectivity index (χ1v) is 46.8. The SMILES string of the molecule is CC(C)(C)c1cc(-c2cc(N(c3ccc4c(c3)C(C)(C)c3ccccc3-4)c3ccc4c(c3)C3(CCC(CC(C)(C)c5cc(-c6cc(N(c7ccc8c(c7)C(C)(C)c7ccccc7-8)c7ccc8c(c7)C7(c9ccccc9-8)C8CC9CC(C8)CC7C9)cc7oc8ccccc8c67)cc(C(C)(C)C)c5)C3)c3ccccc3-4)cc3oc4ccccc4c23)cc(C(C)(C)C)c1. The highest BCUT2D eigenvalue weighted by Gasteiger charge is 2.62. The molecule has 16 aromatic rings. The first-order valence-electron chi connectivity index (χ1n) is 46.8. The molecule has 9 aliphatic rings. The van der Waals surface area contributed by atoms with Crippen LogP contribution in [0.5, 0.6) is 0 Å². The van der Waals surface area contributed by atoms with Gasteiger partial charge in [-0.25, -0.2) is 0 Å². The molecule has 0 radical (unpaired) electrons. The van der Waals surface area contributed by atoms with E-state index in [0.29, 0.717) is 17.8 Å². The quantitative estimate of drug-likeness (QED) is 0.129. The molecule has 0 aliphatic heterocycles. The zero-order chi connectivity index (χ0) is 85.3. The third-order valence-electron chi connectivity index (χ3n) is 32.7. The predicted octanol–water partition coefficient (Wildman–Crippen LogP) is 33.4. The highest BCUT2D eigenvalue weighted by molar-refractivity contribution is 6.16. The van der Waals surface area contributed by atoms with Crippen LogP contribution in [-0.2, 0) is 43.3 Å². The fraction of sp³-hybridized carbons (Fsp3) is 0.306. The molecule has 0 amide bonds. The number of fused-ring (bicyclic) bond motifs is 20. The van der Waals surface area contributed by atoms with Crippen LogP contribution in [0.15, 0.2) is 288 Å². The van der Waals surface area contributed by atoms with E-state index in [1.807, 2.05) is 0 Å². The topological polar surface area (TPSA) is 32.8 Å². The van der Waals surface area contributed by atoms with Crippen LogP contribution in [0.2, 0.25) is 0 Å². The van der Waals surface area contributed by atoms with Crippen molar-refractivity contribution in [2.24, 2.45) is 29.6 Å². The van der Waals surface area contributed by atoms with Crippen molar-refractivity contribution in [2.75, 3.05) is 9.80 Å². The Kier molecular flexibility index (Phi) is 16.4. The second kappa shape index (κ2) is 26.7. The van der Waals surface area contributed by atoms with E-state index >= 15 is 0 Å². The highest BCUT2D eigenvalue weighted by Crippen LogP contribution is 2.71. The Labute approximate surface area is 738 Å². The molecule has 25 rings (SSSR count). The van der Waals surface area contributed by atoms with E-state index in [4.69, 9.17) is 8.83 Å². The Bertz CT molecular complexity index is 7200. The van der Waals surface area contributed by atoms with Gasteiger partial charge in [-0.1, -0.05) is 298 Å². The van der Waals surface area contributed by atoms with Gasteiger partial charge in [0.2, 0.25) is 0 Å². The molecule has 5 fully saturated rings. The van der Waals surface area contributed by atoms with Crippen molar-refractivity contribution in [1.29, 1.82) is 0 Å². The van der Waals surface area contributed by atoms with E-state index in [-0.39, 0.29) is 43.3 Å². The molecule has 2 spiro atoms. The van der Waals surface area contributed by atoms with Crippen molar-refractivity contribution in [3.8, 4) is 66.8 Å². The average molecular weight is 1630 g/mol. The van der Waals surface area contributed by atoms with Crippen LogP contribution in [0.25, 0.3) is 111 Å². The normalized spacial score (nSPS) is 21.3. The maximum atomic E-state index is 7.32. The number of benzene rings is 14. The van der Waals surface area contributed by atoms with Gasteiger partial charge in [0.25, 0.3) is 0 Å². The first kappa shape index (κ1) is 76.9. The Morgan fingerprint density at radius 2 is 0.664 bits per heavy atom. The van der Waals surface area contributed by atoms with E-state index in [1.165, 1.54) is 166 Å². The van der Waals surface area contributed by atoms with Crippen LogP contribution < -0.4 is 9.80 Å². The van der Waals surface area contributed by atoms with E-state index in [0.717, 1.165) is 104 Å². The van der Waals surface area contributed by atoms with Gasteiger partial charge in [0, 0.05) is 78.1 Å². The molecule has 2 atom stereocenters. The maximum Gasteiger partial charge on any atom is 0.138 e. The predicted molar refractivity (Wildman–Crippen MR) is 523 cm³/mol. The van der Waals surface area contributed by atoms with Crippen molar-refractivity contribution in [2.45, 2.75) is 205 Å². The lowest BCUT2D eigenvalue weighted by molar-refractivity contribution is -0.0399. The molecule has 2 heterocycles. The zero-order valence-corrected chi connectivity index (χ0v) is 75.5. The Hall–Kier alpha value is -11.7. The van der Waals surface area contributed by atoms with E-state index < -0.39 is 0 Å². The van der Waals surface area contributed by atoms with E-state index in [1.54, 1.807) is 11.1 Å². The van der Waals surface area contributed by atoms with Crippen LogP contribution in [0.3, 0.4) is 0 Å². The van der Waals surface area contributed by atoms with Crippen molar-refractivity contribution < 1.29 is 8.83 Å². The molecule has 4 heteroatoms. The molecule has 620 valence electrons. The van der Waals surface area contributed by atoms with Gasteiger partial charge < -0.3 is 18.6 Å². The minimum Gasteiger partial charge on any atom is -0.456 e. The van der Waals surface area contributed by atoms with Crippen molar-refractivity contribution in [1.82, 2.24) is 0 Å². The maximum absolute atomic E-state index is 7.32. The molecule has 125 heavy (non-hydrogen) atoms. The van der Waals surface area contributed by atoms with Gasteiger partial charge in [0.1, 0.15) is 22.3 Å². The Balaban J connectivity index is 0.641. The molecule has 9 aliphatic carbocycles. The van der Waals surface area contributed by atoms with E-state index in [2.05, 4.69) is 393 Å². The van der Waals surface area contributed by atoms with Crippen molar-refractivity contribution >= 4 is 78.0 Å².